The molecule has 5 nitrogen and oxygen atoms in total. The summed E-state index contributed by atoms with van der Waals surface area (Å²) in [6.45, 7) is 4.90. The molecule has 0 bridgehead atoms. The summed E-state index contributed by atoms with van der Waals surface area (Å²) < 4.78 is 15.8. The lowest BCUT2D eigenvalue weighted by Gasteiger charge is -2.34. The van der Waals surface area contributed by atoms with Crippen molar-refractivity contribution in [3.05, 3.63) is 53.0 Å². The third-order valence-corrected chi connectivity index (χ3v) is 6.20. The van der Waals surface area contributed by atoms with Gasteiger partial charge in [0.1, 0.15) is 11.5 Å². The summed E-state index contributed by atoms with van der Waals surface area (Å²) in [5.74, 6) is 0.491. The molecular weight excluding hydrogens is 355 g/mol. The Labute approximate surface area is 164 Å². The summed E-state index contributed by atoms with van der Waals surface area (Å²) in [5.41, 5.74) is 5.88. The van der Waals surface area contributed by atoms with E-state index in [0.29, 0.717) is 18.0 Å². The fraction of sp³-hybridized carbons (Fsp3) is 0.455. The minimum absolute atomic E-state index is 0.0915. The van der Waals surface area contributed by atoms with Gasteiger partial charge in [0.15, 0.2) is 0 Å². The molecule has 6 heteroatoms. The molecule has 0 unspecified atom stereocenters. The van der Waals surface area contributed by atoms with Gasteiger partial charge in [0.2, 0.25) is 0 Å². The molecule has 0 atom stereocenters. The Morgan fingerprint density at radius 1 is 1.21 bits per heavy atom. The summed E-state index contributed by atoms with van der Waals surface area (Å²) >= 11 is 0. The largest absolute Gasteiger partial charge is 0.393 e. The van der Waals surface area contributed by atoms with E-state index in [4.69, 9.17) is 0 Å². The first-order valence-corrected chi connectivity index (χ1v) is 10.1. The van der Waals surface area contributed by atoms with E-state index in [1.165, 1.54) is 11.1 Å². The van der Waals surface area contributed by atoms with Gasteiger partial charge in [-0.15, -0.1) is 5.10 Å². The highest BCUT2D eigenvalue weighted by atomic mass is 19.1. The quantitative estimate of drug-likeness (QED) is 0.876. The fourth-order valence-electron chi connectivity index (χ4n) is 4.59. The van der Waals surface area contributed by atoms with Gasteiger partial charge in [-0.25, -0.2) is 9.07 Å². The average molecular weight is 380 g/mol. The van der Waals surface area contributed by atoms with E-state index in [-0.39, 0.29) is 11.9 Å². The lowest BCUT2D eigenvalue weighted by Crippen LogP contribution is -2.36. The molecular formula is C22H25FN4O. The number of aromatic nitrogens is 3. The van der Waals surface area contributed by atoms with Gasteiger partial charge in [-0.2, -0.15) is 0 Å². The molecule has 1 saturated carbocycles. The van der Waals surface area contributed by atoms with Gasteiger partial charge in [-0.1, -0.05) is 23.4 Å². The van der Waals surface area contributed by atoms with Crippen LogP contribution < -0.4 is 0 Å². The van der Waals surface area contributed by atoms with Crippen LogP contribution in [-0.2, 0) is 13.1 Å². The Balaban J connectivity index is 1.37. The number of hydrogen-bond donors (Lipinski definition) is 1. The molecule has 3 aliphatic rings. The van der Waals surface area contributed by atoms with Crippen molar-refractivity contribution in [1.29, 1.82) is 0 Å². The van der Waals surface area contributed by atoms with Crippen molar-refractivity contribution in [3.63, 3.8) is 0 Å². The smallest absolute Gasteiger partial charge is 0.126 e. The van der Waals surface area contributed by atoms with Crippen molar-refractivity contribution < 1.29 is 9.50 Å². The number of halogens is 1. The summed E-state index contributed by atoms with van der Waals surface area (Å²) in [7, 11) is 0. The van der Waals surface area contributed by atoms with Crippen molar-refractivity contribution in [2.24, 2.45) is 5.92 Å². The Bertz CT molecular complexity index is 971. The Kier molecular flexibility index (Phi) is 4.40. The molecule has 1 aliphatic heterocycles. The van der Waals surface area contributed by atoms with E-state index in [1.807, 2.05) is 13.0 Å². The van der Waals surface area contributed by atoms with Gasteiger partial charge in [0.25, 0.3) is 0 Å². The van der Waals surface area contributed by atoms with Gasteiger partial charge in [0.05, 0.1) is 17.5 Å². The van der Waals surface area contributed by atoms with Crippen LogP contribution in [0.25, 0.3) is 17.0 Å². The van der Waals surface area contributed by atoms with Crippen LogP contribution in [0.4, 0.5) is 4.39 Å². The number of hydrogen-bond acceptors (Lipinski definition) is 4. The molecule has 0 saturated heterocycles. The van der Waals surface area contributed by atoms with Gasteiger partial charge in [0, 0.05) is 31.6 Å². The van der Waals surface area contributed by atoms with Crippen molar-refractivity contribution >= 4 is 5.70 Å². The zero-order valence-corrected chi connectivity index (χ0v) is 16.1. The average Bonchev–Trinajstić information content (AvgIpc) is 3.23. The second kappa shape index (κ2) is 6.94. The molecule has 2 aromatic rings. The second-order valence-electron chi connectivity index (χ2n) is 8.31. The highest BCUT2D eigenvalue weighted by Gasteiger charge is 2.31. The molecule has 0 spiro atoms. The van der Waals surface area contributed by atoms with Crippen LogP contribution in [0.5, 0.6) is 0 Å². The van der Waals surface area contributed by atoms with Crippen molar-refractivity contribution in [3.8, 4) is 11.3 Å². The van der Waals surface area contributed by atoms with Crippen LogP contribution in [0.15, 0.2) is 36.2 Å². The first-order valence-electron chi connectivity index (χ1n) is 10.1. The number of aliphatic hydroxyl groups is 1. The lowest BCUT2D eigenvalue weighted by atomic mass is 9.82. The SMILES string of the molecule is Cc1c(-c2ccc3c(c2)CN(CC2CC(O)C2)C3)nnn1C1=C(F)CCC=C1. The molecule has 0 radical (unpaired) electrons. The molecule has 1 fully saturated rings. The third kappa shape index (κ3) is 3.10. The highest BCUT2D eigenvalue weighted by molar-refractivity contribution is 5.67. The van der Waals surface area contributed by atoms with Gasteiger partial charge in [-0.05, 0) is 55.4 Å². The van der Waals surface area contributed by atoms with E-state index in [0.717, 1.165) is 55.8 Å². The van der Waals surface area contributed by atoms with Crippen molar-refractivity contribution in [2.75, 3.05) is 6.54 Å². The molecule has 1 aromatic heterocycles. The van der Waals surface area contributed by atoms with Gasteiger partial charge >= 0.3 is 0 Å². The van der Waals surface area contributed by atoms with E-state index in [1.54, 1.807) is 10.8 Å². The minimum Gasteiger partial charge on any atom is -0.393 e. The summed E-state index contributed by atoms with van der Waals surface area (Å²) in [5, 5.41) is 18.1. The zero-order chi connectivity index (χ0) is 19.3. The van der Waals surface area contributed by atoms with Gasteiger partial charge < -0.3 is 5.11 Å². The minimum atomic E-state index is -0.132. The summed E-state index contributed by atoms with van der Waals surface area (Å²) in [6.07, 6.45) is 6.70. The lowest BCUT2D eigenvalue weighted by molar-refractivity contribution is 0.0238. The van der Waals surface area contributed by atoms with E-state index < -0.39 is 0 Å². The molecule has 1 aromatic carbocycles. The number of aliphatic hydroxyl groups excluding tert-OH is 1. The van der Waals surface area contributed by atoms with Crippen LogP contribution in [0.1, 0.15) is 42.5 Å². The first-order chi connectivity index (χ1) is 13.6. The number of rotatable bonds is 4. The fourth-order valence-corrected chi connectivity index (χ4v) is 4.59. The maximum atomic E-state index is 14.2. The first kappa shape index (κ1) is 17.8. The van der Waals surface area contributed by atoms with Crippen molar-refractivity contribution in [2.45, 2.75) is 51.8 Å². The molecule has 5 rings (SSSR count). The zero-order valence-electron chi connectivity index (χ0n) is 16.1. The monoisotopic (exact) mass is 380 g/mol. The second-order valence-corrected chi connectivity index (χ2v) is 8.31. The predicted molar refractivity (Wildman–Crippen MR) is 106 cm³/mol. The maximum absolute atomic E-state index is 14.2. The molecule has 2 aliphatic carbocycles. The molecule has 0 amide bonds. The van der Waals surface area contributed by atoms with Gasteiger partial charge in [-0.3, -0.25) is 4.90 Å². The predicted octanol–water partition coefficient (Wildman–Crippen LogP) is 3.83. The number of benzene rings is 1. The van der Waals surface area contributed by atoms with E-state index >= 15 is 0 Å². The van der Waals surface area contributed by atoms with Crippen LogP contribution in [-0.4, -0.2) is 37.6 Å². The number of fused-ring (bicyclic) bond motifs is 1. The van der Waals surface area contributed by atoms with Crippen LogP contribution in [0, 0.1) is 12.8 Å². The molecule has 2 heterocycles. The van der Waals surface area contributed by atoms with E-state index in [9.17, 15) is 9.50 Å². The van der Waals surface area contributed by atoms with E-state index in [2.05, 4.69) is 33.4 Å². The Morgan fingerprint density at radius 2 is 2.04 bits per heavy atom. The number of allylic oxidation sites excluding steroid dienone is 4. The van der Waals surface area contributed by atoms with Crippen molar-refractivity contribution in [1.82, 2.24) is 19.9 Å². The summed E-state index contributed by atoms with van der Waals surface area (Å²) in [6, 6.07) is 6.48. The standard InChI is InChI=1S/C22H25FN4O/c1-14-22(24-25-27(14)21-5-3-2-4-20(21)23)16-6-7-17-12-26(13-18(17)10-16)11-15-8-19(28)9-15/h3,5-7,10,15,19,28H,2,4,8-9,11-13H2,1H3. The normalized spacial score (nSPS) is 24.5. The van der Waals surface area contributed by atoms with Crippen LogP contribution in [0.3, 0.4) is 0 Å². The highest BCUT2D eigenvalue weighted by Crippen LogP contribution is 2.34. The number of nitrogens with zero attached hydrogens (tertiary/aromatic N) is 4. The van der Waals surface area contributed by atoms with Crippen LogP contribution >= 0.6 is 0 Å². The maximum Gasteiger partial charge on any atom is 0.126 e. The third-order valence-electron chi connectivity index (χ3n) is 6.20. The Hall–Kier alpha value is -2.31. The topological polar surface area (TPSA) is 54.2 Å². The molecule has 28 heavy (non-hydrogen) atoms. The summed E-state index contributed by atoms with van der Waals surface area (Å²) in [4.78, 5) is 2.46. The van der Waals surface area contributed by atoms with Crippen LogP contribution in [0.2, 0.25) is 0 Å². The molecule has 1 N–H and O–H groups in total. The molecule has 146 valence electrons. The Morgan fingerprint density at radius 3 is 2.82 bits per heavy atom.